The van der Waals surface area contributed by atoms with Gasteiger partial charge in [-0.3, -0.25) is 9.59 Å². The second kappa shape index (κ2) is 14.4. The summed E-state index contributed by atoms with van der Waals surface area (Å²) < 4.78 is 23.9. The van der Waals surface area contributed by atoms with Gasteiger partial charge in [0.25, 0.3) is 0 Å². The van der Waals surface area contributed by atoms with Gasteiger partial charge in [-0.2, -0.15) is 0 Å². The smallest absolute Gasteiger partial charge is 0.310 e. The molecule has 2 rings (SSSR count). The van der Waals surface area contributed by atoms with E-state index < -0.39 is 19.3 Å². The zero-order valence-electron chi connectivity index (χ0n) is 21.3. The molecule has 0 aromatic heterocycles. The summed E-state index contributed by atoms with van der Waals surface area (Å²) in [6.45, 7) is 8.30. The van der Waals surface area contributed by atoms with E-state index in [0.29, 0.717) is 25.7 Å². The lowest BCUT2D eigenvalue weighted by Crippen LogP contribution is -2.41. The van der Waals surface area contributed by atoms with Gasteiger partial charge in [0, 0.05) is 0 Å². The molecule has 0 saturated heterocycles. The molecule has 0 N–H and O–H groups in total. The van der Waals surface area contributed by atoms with Crippen LogP contribution in [0.5, 0.6) is 0 Å². The van der Waals surface area contributed by atoms with E-state index >= 15 is 0 Å². The van der Waals surface area contributed by atoms with Crippen LogP contribution in [0, 0.1) is 0 Å². The van der Waals surface area contributed by atoms with Crippen LogP contribution in [0.1, 0.15) is 64.5 Å². The van der Waals surface area contributed by atoms with E-state index in [2.05, 4.69) is 0 Å². The summed E-state index contributed by atoms with van der Waals surface area (Å²) in [5, 5.41) is 0. The van der Waals surface area contributed by atoms with E-state index in [0.717, 1.165) is 11.1 Å². The third-order valence-corrected chi connectivity index (χ3v) is 11.7. The van der Waals surface area contributed by atoms with Gasteiger partial charge in [0.05, 0.1) is 32.2 Å². The lowest BCUT2D eigenvalue weighted by molar-refractivity contribution is -0.144. The van der Waals surface area contributed by atoms with Crippen molar-refractivity contribution in [2.24, 2.45) is 0 Å². The average Bonchev–Trinajstić information content (AvgIpc) is 2.88. The number of ether oxygens (including phenoxy) is 2. The molecule has 0 bridgehead atoms. The molecule has 1 atom stereocenters. The molecular formula is C28H38O5S2. The zero-order valence-corrected chi connectivity index (χ0v) is 22.9. The second-order valence-electron chi connectivity index (χ2n) is 8.74. The number of carbonyl (C=O) groups is 2. The first-order chi connectivity index (χ1) is 16.8. The largest absolute Gasteiger partial charge is 0.464 e. The third kappa shape index (κ3) is 8.80. The highest BCUT2D eigenvalue weighted by atomic mass is 33.1. The molecule has 0 aliphatic heterocycles. The highest BCUT2D eigenvalue weighted by Gasteiger charge is 2.41. The molecule has 0 heterocycles. The normalized spacial score (nSPS) is 12.7. The van der Waals surface area contributed by atoms with E-state index in [1.54, 1.807) is 0 Å². The molecule has 0 aliphatic rings. The lowest BCUT2D eigenvalue weighted by Gasteiger charge is -2.36. The quantitative estimate of drug-likeness (QED) is 0.210. The fourth-order valence-electron chi connectivity index (χ4n) is 3.63. The number of benzene rings is 2. The van der Waals surface area contributed by atoms with Gasteiger partial charge in [0.15, 0.2) is 0 Å². The maximum atomic E-state index is 13.7. The average molecular weight is 519 g/mol. The van der Waals surface area contributed by atoms with Gasteiger partial charge in [-0.25, -0.2) is 4.21 Å². The molecule has 0 unspecified atom stereocenters. The van der Waals surface area contributed by atoms with Crippen LogP contribution in [0.4, 0.5) is 0 Å². The Balaban J connectivity index is 2.01. The van der Waals surface area contributed by atoms with Crippen LogP contribution in [-0.2, 0) is 41.7 Å². The minimum Gasteiger partial charge on any atom is -0.464 e. The van der Waals surface area contributed by atoms with Crippen molar-refractivity contribution >= 4 is 32.6 Å². The Morgan fingerprint density at radius 2 is 1.14 bits per heavy atom. The van der Waals surface area contributed by atoms with Gasteiger partial charge < -0.3 is 9.47 Å². The molecule has 0 radical (unpaired) electrons. The van der Waals surface area contributed by atoms with Crippen molar-refractivity contribution in [3.8, 4) is 0 Å². The van der Waals surface area contributed by atoms with E-state index in [1.807, 2.05) is 88.4 Å². The molecule has 5 nitrogen and oxygen atoms in total. The molecular weight excluding hydrogens is 480 g/mol. The Bertz CT molecular complexity index is 938. The van der Waals surface area contributed by atoms with E-state index in [1.165, 1.54) is 10.8 Å². The predicted molar refractivity (Wildman–Crippen MR) is 145 cm³/mol. The van der Waals surface area contributed by atoms with Crippen molar-refractivity contribution in [2.45, 2.75) is 75.7 Å². The van der Waals surface area contributed by atoms with Crippen molar-refractivity contribution in [1.82, 2.24) is 0 Å². The Morgan fingerprint density at radius 1 is 0.714 bits per heavy atom. The van der Waals surface area contributed by atoms with Crippen molar-refractivity contribution in [3.63, 3.8) is 0 Å². The first-order valence-electron chi connectivity index (χ1n) is 12.3. The Hall–Kier alpha value is -2.12. The summed E-state index contributed by atoms with van der Waals surface area (Å²) in [5.41, 5.74) is 1.79. The number of carbonyl (C=O) groups excluding carboxylic acids is 2. The minimum absolute atomic E-state index is 0.0998. The highest BCUT2D eigenvalue weighted by Crippen LogP contribution is 2.42. The van der Waals surface area contributed by atoms with Crippen LogP contribution in [0.2, 0.25) is 0 Å². The molecule has 2 aromatic rings. The number of hydrogen-bond donors (Lipinski definition) is 0. The summed E-state index contributed by atoms with van der Waals surface area (Å²) in [4.78, 5) is 24.9. The topological polar surface area (TPSA) is 69.7 Å². The third-order valence-electron chi connectivity index (χ3n) is 6.56. The molecule has 35 heavy (non-hydrogen) atoms. The molecule has 0 spiro atoms. The molecule has 7 heteroatoms. The maximum Gasteiger partial charge on any atom is 0.310 e. The fraction of sp³-hybridized carbons (Fsp3) is 0.500. The van der Waals surface area contributed by atoms with E-state index in [4.69, 9.17) is 9.47 Å². The van der Waals surface area contributed by atoms with Crippen molar-refractivity contribution in [2.75, 3.05) is 13.2 Å². The van der Waals surface area contributed by atoms with E-state index in [9.17, 15) is 13.8 Å². The summed E-state index contributed by atoms with van der Waals surface area (Å²) in [5.74, 6) is -0.613. The highest BCUT2D eigenvalue weighted by molar-refractivity contribution is 8.70. The van der Waals surface area contributed by atoms with Crippen molar-refractivity contribution in [1.29, 1.82) is 0 Å². The molecule has 0 aliphatic carbocycles. The Labute approximate surface area is 216 Å². The van der Waals surface area contributed by atoms with Gasteiger partial charge in [0.1, 0.15) is 13.2 Å². The zero-order chi connectivity index (χ0) is 25.7. The summed E-state index contributed by atoms with van der Waals surface area (Å²) in [7, 11) is 0.00285. The first-order valence-corrected chi connectivity index (χ1v) is 14.8. The number of esters is 2. The van der Waals surface area contributed by atoms with Gasteiger partial charge in [0.2, 0.25) is 0 Å². The van der Waals surface area contributed by atoms with Crippen molar-refractivity contribution in [3.05, 3.63) is 71.8 Å². The summed E-state index contributed by atoms with van der Waals surface area (Å²) in [6.07, 6.45) is 3.03. The summed E-state index contributed by atoms with van der Waals surface area (Å²) in [6, 6.07) is 18.9. The minimum atomic E-state index is -1.35. The monoisotopic (exact) mass is 518 g/mol. The van der Waals surface area contributed by atoms with Crippen LogP contribution in [0.15, 0.2) is 60.7 Å². The molecule has 192 valence electrons. The van der Waals surface area contributed by atoms with Gasteiger partial charge in [-0.1, -0.05) is 99.2 Å². The molecule has 0 fully saturated rings. The lowest BCUT2D eigenvalue weighted by atomic mass is 10.0. The first kappa shape index (κ1) is 29.1. The van der Waals surface area contributed by atoms with Gasteiger partial charge >= 0.3 is 11.9 Å². The van der Waals surface area contributed by atoms with Gasteiger partial charge in [-0.05, 0) is 36.8 Å². The molecule has 2 aromatic carbocycles. The van der Waals surface area contributed by atoms with Crippen LogP contribution in [-0.4, -0.2) is 38.9 Å². The van der Waals surface area contributed by atoms with Crippen LogP contribution >= 0.6 is 10.8 Å². The number of hydrogen-bond acceptors (Lipinski definition) is 6. The second-order valence-corrected chi connectivity index (χ2v) is 12.5. The Kier molecular flexibility index (Phi) is 12.0. The Morgan fingerprint density at radius 3 is 1.54 bits per heavy atom. The molecule has 0 amide bonds. The van der Waals surface area contributed by atoms with Crippen LogP contribution in [0.3, 0.4) is 0 Å². The standard InChI is InChI=1S/C28H38O5S2/c1-5-27(6-2,21-32-25(29)19-23-15-11-9-12-16-23)34-35(31)28(7-3,8-4)22-33-26(30)20-24-17-13-10-14-18-24/h9-18H,5-8,19-22H2,1-4H3/t35-/m0/s1. The van der Waals surface area contributed by atoms with Crippen molar-refractivity contribution < 1.29 is 23.3 Å². The summed E-state index contributed by atoms with van der Waals surface area (Å²) >= 11 is 0. The fourth-order valence-corrected chi connectivity index (χ4v) is 8.30. The van der Waals surface area contributed by atoms with E-state index in [-0.39, 0.29) is 38.0 Å². The number of rotatable bonds is 15. The van der Waals surface area contributed by atoms with Crippen LogP contribution < -0.4 is 0 Å². The molecule has 0 saturated carbocycles. The van der Waals surface area contributed by atoms with Crippen LogP contribution in [0.25, 0.3) is 0 Å². The SMILES string of the molecule is CCC(CC)(COC(=O)Cc1ccccc1)S[S@](=O)C(CC)(CC)COC(=O)Cc1ccccc1. The predicted octanol–water partition coefficient (Wildman–Crippen LogP) is 6.07. The van der Waals surface area contributed by atoms with Gasteiger partial charge in [-0.15, -0.1) is 0 Å². The maximum absolute atomic E-state index is 13.7.